The Morgan fingerprint density at radius 2 is 1.68 bits per heavy atom. The predicted octanol–water partition coefficient (Wildman–Crippen LogP) is 4.94. The fraction of sp³-hybridized carbons (Fsp3) is 0.267. The fourth-order valence-electron chi connectivity index (χ4n) is 4.64. The molecule has 1 amide bonds. The van der Waals surface area contributed by atoms with Gasteiger partial charge in [-0.25, -0.2) is 13.1 Å². The molecule has 0 bridgehead atoms. The van der Waals surface area contributed by atoms with Crippen molar-refractivity contribution in [3.63, 3.8) is 0 Å². The van der Waals surface area contributed by atoms with Crippen molar-refractivity contribution in [2.45, 2.75) is 40.2 Å². The van der Waals surface area contributed by atoms with E-state index in [1.807, 2.05) is 26.0 Å². The van der Waals surface area contributed by atoms with E-state index < -0.39 is 21.5 Å². The number of aryl methyl sites for hydroxylation is 2. The number of anilines is 2. The number of nitrogens with zero attached hydrogens (tertiary/aromatic N) is 4. The lowest BCUT2D eigenvalue weighted by Gasteiger charge is -2.35. The normalized spacial score (nSPS) is 11.7. The standard InChI is InChI=1S/C30H33N5O5S/c1-19-10-8-9-11-23(19)28(36)25-18-34(33-32-25)26-16-21(13-12-20(26)2)29(37)31-24-17-22(14-15-27(24)40-6)35(30(3,4)5)41(7,38)39/h8-18H,1-7H3,(H,31,37). The number of hydrogen-bond donors (Lipinski definition) is 1. The summed E-state index contributed by atoms with van der Waals surface area (Å²) in [6.07, 6.45) is 2.68. The van der Waals surface area contributed by atoms with Gasteiger partial charge in [0, 0.05) is 16.7 Å². The van der Waals surface area contributed by atoms with Crippen molar-refractivity contribution < 1.29 is 22.7 Å². The Morgan fingerprint density at radius 3 is 2.32 bits per heavy atom. The van der Waals surface area contributed by atoms with Gasteiger partial charge in [-0.2, -0.15) is 0 Å². The van der Waals surface area contributed by atoms with E-state index in [4.69, 9.17) is 4.74 Å². The molecule has 0 saturated heterocycles. The quantitative estimate of drug-likeness (QED) is 0.295. The van der Waals surface area contributed by atoms with E-state index in [1.165, 1.54) is 22.3 Å². The first kappa shape index (κ1) is 29.5. The maximum absolute atomic E-state index is 13.4. The Morgan fingerprint density at radius 1 is 0.976 bits per heavy atom. The predicted molar refractivity (Wildman–Crippen MR) is 159 cm³/mol. The molecule has 0 aliphatic carbocycles. The van der Waals surface area contributed by atoms with Gasteiger partial charge < -0.3 is 10.1 Å². The number of methoxy groups -OCH3 is 1. The number of hydrogen-bond acceptors (Lipinski definition) is 7. The van der Waals surface area contributed by atoms with Gasteiger partial charge in [0.15, 0.2) is 5.69 Å². The van der Waals surface area contributed by atoms with Gasteiger partial charge in [-0.1, -0.05) is 35.5 Å². The van der Waals surface area contributed by atoms with E-state index in [-0.39, 0.29) is 11.5 Å². The third-order valence-corrected chi connectivity index (χ3v) is 7.86. The number of sulfonamides is 1. The highest BCUT2D eigenvalue weighted by Gasteiger charge is 2.30. The Labute approximate surface area is 240 Å². The van der Waals surface area contributed by atoms with Gasteiger partial charge in [0.05, 0.1) is 36.6 Å². The molecule has 0 unspecified atom stereocenters. The molecule has 0 radical (unpaired) electrons. The minimum atomic E-state index is -3.62. The molecule has 214 valence electrons. The topological polar surface area (TPSA) is 123 Å². The minimum Gasteiger partial charge on any atom is -0.495 e. The summed E-state index contributed by atoms with van der Waals surface area (Å²) in [5, 5.41) is 11.1. The van der Waals surface area contributed by atoms with Crippen LogP contribution in [0, 0.1) is 13.8 Å². The second-order valence-corrected chi connectivity index (χ2v) is 12.6. The number of aromatic nitrogens is 3. The van der Waals surface area contributed by atoms with Crippen LogP contribution in [0.4, 0.5) is 11.4 Å². The Bertz CT molecular complexity index is 1740. The molecule has 0 aliphatic heterocycles. The average Bonchev–Trinajstić information content (AvgIpc) is 3.37. The van der Waals surface area contributed by atoms with E-state index in [9.17, 15) is 18.0 Å². The number of nitrogens with one attached hydrogen (secondary N) is 1. The van der Waals surface area contributed by atoms with Gasteiger partial charge in [-0.05, 0) is 76.1 Å². The van der Waals surface area contributed by atoms with Gasteiger partial charge in [0.2, 0.25) is 15.8 Å². The summed E-state index contributed by atoms with van der Waals surface area (Å²) < 4.78 is 33.4. The summed E-state index contributed by atoms with van der Waals surface area (Å²) in [6, 6.07) is 17.2. The van der Waals surface area contributed by atoms with Crippen LogP contribution in [0.15, 0.2) is 66.9 Å². The van der Waals surface area contributed by atoms with E-state index in [0.29, 0.717) is 33.9 Å². The highest BCUT2D eigenvalue weighted by atomic mass is 32.2. The van der Waals surface area contributed by atoms with Crippen LogP contribution in [0.5, 0.6) is 5.75 Å². The average molecular weight is 576 g/mol. The van der Waals surface area contributed by atoms with Crippen LogP contribution in [0.3, 0.4) is 0 Å². The SMILES string of the molecule is COc1ccc(N(C(C)(C)C)S(C)(=O)=O)cc1NC(=O)c1ccc(C)c(-n2cc(C(=O)c3ccccc3C)nn2)c1. The summed E-state index contributed by atoms with van der Waals surface area (Å²) in [5.41, 5.74) is 3.22. The van der Waals surface area contributed by atoms with Crippen molar-refractivity contribution in [3.05, 3.63) is 94.8 Å². The highest BCUT2D eigenvalue weighted by molar-refractivity contribution is 7.92. The summed E-state index contributed by atoms with van der Waals surface area (Å²) in [6.45, 7) is 9.08. The number of rotatable bonds is 8. The molecule has 3 aromatic carbocycles. The maximum atomic E-state index is 13.4. The number of ketones is 1. The monoisotopic (exact) mass is 575 g/mol. The number of benzene rings is 3. The van der Waals surface area contributed by atoms with E-state index in [2.05, 4.69) is 15.6 Å². The lowest BCUT2D eigenvalue weighted by Crippen LogP contribution is -2.45. The molecule has 4 rings (SSSR count). The van der Waals surface area contributed by atoms with Crippen molar-refractivity contribution in [2.75, 3.05) is 23.0 Å². The smallest absolute Gasteiger partial charge is 0.255 e. The molecular formula is C30H33N5O5S. The molecule has 11 heteroatoms. The largest absolute Gasteiger partial charge is 0.495 e. The Kier molecular flexibility index (Phi) is 8.03. The van der Waals surface area contributed by atoms with Crippen LogP contribution in [0.25, 0.3) is 5.69 Å². The maximum Gasteiger partial charge on any atom is 0.255 e. The van der Waals surface area contributed by atoms with Crippen LogP contribution in [0.1, 0.15) is 58.3 Å². The Balaban J connectivity index is 1.65. The molecule has 1 aromatic heterocycles. The number of ether oxygens (including phenoxy) is 1. The highest BCUT2D eigenvalue weighted by Crippen LogP contribution is 2.34. The van der Waals surface area contributed by atoms with Crippen LogP contribution < -0.4 is 14.4 Å². The van der Waals surface area contributed by atoms with E-state index >= 15 is 0 Å². The first-order chi connectivity index (χ1) is 19.2. The fourth-order valence-corrected chi connectivity index (χ4v) is 6.13. The molecule has 0 aliphatic rings. The molecule has 0 spiro atoms. The van der Waals surface area contributed by atoms with Gasteiger partial charge in [-0.3, -0.25) is 13.9 Å². The van der Waals surface area contributed by atoms with Crippen LogP contribution in [-0.4, -0.2) is 54.0 Å². The zero-order valence-corrected chi connectivity index (χ0v) is 24.9. The van der Waals surface area contributed by atoms with Crippen molar-refractivity contribution in [1.29, 1.82) is 0 Å². The number of carbonyl (C=O) groups is 2. The third kappa shape index (κ3) is 6.30. The summed E-state index contributed by atoms with van der Waals surface area (Å²) in [5.74, 6) is -0.321. The lowest BCUT2D eigenvalue weighted by atomic mass is 10.0. The summed E-state index contributed by atoms with van der Waals surface area (Å²) in [4.78, 5) is 26.4. The second kappa shape index (κ2) is 11.2. The number of carbonyl (C=O) groups excluding carboxylic acids is 2. The zero-order valence-electron chi connectivity index (χ0n) is 24.1. The second-order valence-electron chi connectivity index (χ2n) is 10.7. The number of amides is 1. The molecular weight excluding hydrogens is 542 g/mol. The van der Waals surface area contributed by atoms with E-state index in [1.54, 1.807) is 69.3 Å². The third-order valence-electron chi connectivity index (χ3n) is 6.44. The molecule has 0 fully saturated rings. The molecule has 10 nitrogen and oxygen atoms in total. The molecule has 1 heterocycles. The molecule has 1 N–H and O–H groups in total. The van der Waals surface area contributed by atoms with Crippen molar-refractivity contribution >= 4 is 33.1 Å². The summed E-state index contributed by atoms with van der Waals surface area (Å²) in [7, 11) is -2.15. The van der Waals surface area contributed by atoms with Crippen LogP contribution in [0.2, 0.25) is 0 Å². The van der Waals surface area contributed by atoms with Crippen LogP contribution in [-0.2, 0) is 10.0 Å². The van der Waals surface area contributed by atoms with Gasteiger partial charge in [-0.15, -0.1) is 5.10 Å². The van der Waals surface area contributed by atoms with Crippen molar-refractivity contribution in [2.24, 2.45) is 0 Å². The molecule has 0 saturated carbocycles. The van der Waals surface area contributed by atoms with Gasteiger partial charge >= 0.3 is 0 Å². The lowest BCUT2D eigenvalue weighted by molar-refractivity contribution is 0.102. The molecule has 0 atom stereocenters. The first-order valence-electron chi connectivity index (χ1n) is 12.8. The zero-order chi connectivity index (χ0) is 30.1. The van der Waals surface area contributed by atoms with Gasteiger partial charge in [0.25, 0.3) is 5.91 Å². The van der Waals surface area contributed by atoms with Crippen molar-refractivity contribution in [1.82, 2.24) is 15.0 Å². The Hall–Kier alpha value is -4.51. The molecule has 4 aromatic rings. The van der Waals surface area contributed by atoms with Crippen LogP contribution >= 0.6 is 0 Å². The van der Waals surface area contributed by atoms with Crippen molar-refractivity contribution in [3.8, 4) is 11.4 Å². The van der Waals surface area contributed by atoms with Gasteiger partial charge in [0.1, 0.15) is 5.75 Å². The first-order valence-corrected chi connectivity index (χ1v) is 14.7. The summed E-state index contributed by atoms with van der Waals surface area (Å²) >= 11 is 0. The molecule has 41 heavy (non-hydrogen) atoms. The minimum absolute atomic E-state index is 0.185. The van der Waals surface area contributed by atoms with E-state index in [0.717, 1.165) is 17.4 Å².